The Kier molecular flexibility index (Phi) is 4.34. The van der Waals surface area contributed by atoms with Crippen molar-refractivity contribution < 1.29 is 8.42 Å². The van der Waals surface area contributed by atoms with Gasteiger partial charge >= 0.3 is 0 Å². The molecule has 1 heterocycles. The summed E-state index contributed by atoms with van der Waals surface area (Å²) in [6.07, 6.45) is 1.66. The molecule has 2 N–H and O–H groups in total. The Bertz CT molecular complexity index is 321. The van der Waals surface area contributed by atoms with Crippen LogP contribution in [-0.2, 0) is 10.2 Å². The van der Waals surface area contributed by atoms with Gasteiger partial charge in [0.05, 0.1) is 0 Å². The molecule has 0 aromatic rings. The summed E-state index contributed by atoms with van der Waals surface area (Å²) in [7, 11) is -1.75. The number of rotatable bonds is 4. The summed E-state index contributed by atoms with van der Waals surface area (Å²) in [5.74, 6) is 0. The molecular weight excluding hydrogens is 226 g/mol. The van der Waals surface area contributed by atoms with E-state index in [2.05, 4.69) is 10.0 Å². The second-order valence-electron chi connectivity index (χ2n) is 5.03. The van der Waals surface area contributed by atoms with E-state index in [0.717, 1.165) is 25.9 Å². The average molecular weight is 249 g/mol. The Labute approximate surface area is 98.8 Å². The van der Waals surface area contributed by atoms with Gasteiger partial charge < -0.3 is 5.32 Å². The Morgan fingerprint density at radius 1 is 1.31 bits per heavy atom. The second-order valence-corrected chi connectivity index (χ2v) is 6.76. The zero-order chi connectivity index (χ0) is 12.4. The predicted molar refractivity (Wildman–Crippen MR) is 65.5 cm³/mol. The summed E-state index contributed by atoms with van der Waals surface area (Å²) in [5.41, 5.74) is -0.312. The van der Waals surface area contributed by atoms with Crippen LogP contribution in [0.3, 0.4) is 0 Å². The van der Waals surface area contributed by atoms with Gasteiger partial charge in [-0.15, -0.1) is 0 Å². The lowest BCUT2D eigenvalue weighted by molar-refractivity contribution is 0.294. The third kappa shape index (κ3) is 3.41. The number of nitrogens with zero attached hydrogens (tertiary/aromatic N) is 1. The van der Waals surface area contributed by atoms with Gasteiger partial charge in [0.1, 0.15) is 0 Å². The molecule has 0 aliphatic carbocycles. The van der Waals surface area contributed by atoms with Crippen molar-refractivity contribution in [2.24, 2.45) is 0 Å². The number of hydrogen-bond donors (Lipinski definition) is 2. The van der Waals surface area contributed by atoms with E-state index in [9.17, 15) is 8.42 Å². The first-order valence-corrected chi connectivity index (χ1v) is 7.18. The minimum Gasteiger partial charge on any atom is -0.317 e. The molecule has 0 aromatic carbocycles. The Morgan fingerprint density at radius 2 is 1.81 bits per heavy atom. The summed E-state index contributed by atoms with van der Waals surface area (Å²) in [5, 5.41) is 3.23. The highest BCUT2D eigenvalue weighted by Gasteiger charge is 2.33. The quantitative estimate of drug-likeness (QED) is 0.753. The van der Waals surface area contributed by atoms with E-state index in [4.69, 9.17) is 0 Å². The molecule has 0 radical (unpaired) electrons. The van der Waals surface area contributed by atoms with Gasteiger partial charge in [0.2, 0.25) is 0 Å². The fourth-order valence-corrected chi connectivity index (χ4v) is 3.27. The molecule has 1 rings (SSSR count). The summed E-state index contributed by atoms with van der Waals surface area (Å²) in [4.78, 5) is 0. The van der Waals surface area contributed by atoms with Crippen molar-refractivity contribution in [3.05, 3.63) is 0 Å². The molecule has 0 saturated carbocycles. The molecule has 6 heteroatoms. The summed E-state index contributed by atoms with van der Waals surface area (Å²) < 4.78 is 28.3. The van der Waals surface area contributed by atoms with Crippen molar-refractivity contribution in [3.8, 4) is 0 Å². The van der Waals surface area contributed by atoms with Gasteiger partial charge in [-0.25, -0.2) is 0 Å². The van der Waals surface area contributed by atoms with Crippen molar-refractivity contribution in [3.63, 3.8) is 0 Å². The van der Waals surface area contributed by atoms with Crippen LogP contribution in [0, 0.1) is 0 Å². The first kappa shape index (κ1) is 13.9. The molecule has 1 aliphatic heterocycles. The Balaban J connectivity index is 2.71. The molecule has 0 unspecified atom stereocenters. The van der Waals surface area contributed by atoms with Gasteiger partial charge in [-0.2, -0.15) is 17.4 Å². The van der Waals surface area contributed by atoms with Crippen LogP contribution in [0.2, 0.25) is 0 Å². The van der Waals surface area contributed by atoms with Gasteiger partial charge in [-0.1, -0.05) is 0 Å². The number of piperidine rings is 1. The van der Waals surface area contributed by atoms with E-state index in [0.29, 0.717) is 0 Å². The minimum absolute atomic E-state index is 0.0252. The molecule has 0 amide bonds. The van der Waals surface area contributed by atoms with Gasteiger partial charge in [0.15, 0.2) is 0 Å². The van der Waals surface area contributed by atoms with Crippen molar-refractivity contribution >= 4 is 10.2 Å². The molecule has 0 spiro atoms. The van der Waals surface area contributed by atoms with Crippen molar-refractivity contribution in [1.29, 1.82) is 0 Å². The van der Waals surface area contributed by atoms with E-state index in [1.54, 1.807) is 7.05 Å². The number of hydrogen-bond acceptors (Lipinski definition) is 3. The van der Waals surface area contributed by atoms with E-state index >= 15 is 0 Å². The topological polar surface area (TPSA) is 61.4 Å². The Morgan fingerprint density at radius 3 is 2.25 bits per heavy atom. The third-order valence-corrected chi connectivity index (χ3v) is 5.12. The van der Waals surface area contributed by atoms with E-state index in [1.807, 2.05) is 20.8 Å². The summed E-state index contributed by atoms with van der Waals surface area (Å²) in [6, 6.07) is -0.0252. The lowest BCUT2D eigenvalue weighted by Crippen LogP contribution is -2.56. The van der Waals surface area contributed by atoms with Crippen LogP contribution >= 0.6 is 0 Å². The molecular formula is C10H23N3O2S. The molecule has 0 aromatic heterocycles. The molecule has 1 saturated heterocycles. The van der Waals surface area contributed by atoms with Crippen molar-refractivity contribution in [1.82, 2.24) is 14.3 Å². The minimum atomic E-state index is -3.36. The highest BCUT2D eigenvalue weighted by Crippen LogP contribution is 2.19. The van der Waals surface area contributed by atoms with Crippen molar-refractivity contribution in [2.45, 2.75) is 45.2 Å². The fraction of sp³-hybridized carbons (Fsp3) is 1.00. The normalized spacial score (nSPS) is 21.6. The van der Waals surface area contributed by atoms with Crippen LogP contribution in [0.15, 0.2) is 0 Å². The molecule has 5 nitrogen and oxygen atoms in total. The maximum Gasteiger partial charge on any atom is 0.279 e. The maximum absolute atomic E-state index is 12.0. The monoisotopic (exact) mass is 249 g/mol. The second kappa shape index (κ2) is 5.00. The van der Waals surface area contributed by atoms with Gasteiger partial charge in [-0.3, -0.25) is 0 Å². The van der Waals surface area contributed by atoms with Crippen molar-refractivity contribution in [2.75, 3.05) is 20.1 Å². The molecule has 0 bridgehead atoms. The first-order valence-electron chi connectivity index (χ1n) is 5.74. The van der Waals surface area contributed by atoms with Crippen LogP contribution in [0.25, 0.3) is 0 Å². The third-order valence-electron chi connectivity index (χ3n) is 3.19. The van der Waals surface area contributed by atoms with E-state index in [1.165, 1.54) is 4.31 Å². The van der Waals surface area contributed by atoms with Crippen LogP contribution in [0.4, 0.5) is 0 Å². The van der Waals surface area contributed by atoms with Gasteiger partial charge in [0, 0.05) is 18.6 Å². The molecule has 16 heavy (non-hydrogen) atoms. The SMILES string of the molecule is CC(C)N(C)S(=O)(=O)NC1(C)CCNCC1. The Hall–Kier alpha value is -0.170. The number of nitrogens with one attached hydrogen (secondary N) is 2. The largest absolute Gasteiger partial charge is 0.317 e. The smallest absolute Gasteiger partial charge is 0.279 e. The van der Waals surface area contributed by atoms with Crippen LogP contribution in [0.1, 0.15) is 33.6 Å². The van der Waals surface area contributed by atoms with Crippen LogP contribution in [0.5, 0.6) is 0 Å². The molecule has 1 aliphatic rings. The van der Waals surface area contributed by atoms with Crippen LogP contribution in [-0.4, -0.2) is 44.4 Å². The van der Waals surface area contributed by atoms with E-state index in [-0.39, 0.29) is 11.6 Å². The summed E-state index contributed by atoms with van der Waals surface area (Å²) in [6.45, 7) is 7.43. The standard InChI is InChI=1S/C10H23N3O2S/c1-9(2)13(4)16(14,15)12-10(3)5-7-11-8-6-10/h9,11-12H,5-8H2,1-4H3. The fourth-order valence-electron chi connectivity index (χ4n) is 1.74. The maximum atomic E-state index is 12.0. The summed E-state index contributed by atoms with van der Waals surface area (Å²) >= 11 is 0. The lowest BCUT2D eigenvalue weighted by Gasteiger charge is -2.36. The van der Waals surface area contributed by atoms with Gasteiger partial charge in [-0.05, 0) is 46.7 Å². The molecule has 0 atom stereocenters. The predicted octanol–water partition coefficient (Wildman–Crippen LogP) is 0.303. The average Bonchev–Trinajstić information content (AvgIpc) is 2.15. The zero-order valence-corrected chi connectivity index (χ0v) is 11.4. The first-order chi connectivity index (χ1) is 7.27. The highest BCUT2D eigenvalue weighted by molar-refractivity contribution is 7.87. The zero-order valence-electron chi connectivity index (χ0n) is 10.6. The van der Waals surface area contributed by atoms with E-state index < -0.39 is 10.2 Å². The van der Waals surface area contributed by atoms with Gasteiger partial charge in [0.25, 0.3) is 10.2 Å². The molecule has 1 fully saturated rings. The van der Waals surface area contributed by atoms with Crippen LogP contribution < -0.4 is 10.0 Å². The lowest BCUT2D eigenvalue weighted by atomic mass is 9.92. The highest BCUT2D eigenvalue weighted by atomic mass is 32.2. The molecule has 96 valence electrons.